The van der Waals surface area contributed by atoms with Crippen LogP contribution in [0.15, 0.2) is 71.9 Å². The molecule has 3 heterocycles. The van der Waals surface area contributed by atoms with Crippen LogP contribution in [-0.4, -0.2) is 70.7 Å². The highest BCUT2D eigenvalue weighted by Gasteiger charge is 2.41. The quantitative estimate of drug-likeness (QED) is 0.452. The number of rotatable bonds is 6. The maximum atomic E-state index is 6.16. The second kappa shape index (κ2) is 10.2. The van der Waals surface area contributed by atoms with Crippen molar-refractivity contribution in [2.45, 2.75) is 32.2 Å². The molecule has 1 aromatic heterocycles. The number of imidazole rings is 1. The summed E-state index contributed by atoms with van der Waals surface area (Å²) in [6, 6.07) is 21.3. The fourth-order valence-corrected chi connectivity index (χ4v) is 4.73. The molecule has 2 atom stereocenters. The Bertz CT molecular complexity index is 1050. The van der Waals surface area contributed by atoms with Crippen LogP contribution < -0.4 is 5.32 Å². The van der Waals surface area contributed by atoms with Crippen molar-refractivity contribution in [3.05, 3.63) is 78.2 Å². The first-order valence-corrected chi connectivity index (χ1v) is 11.8. The highest BCUT2D eigenvalue weighted by molar-refractivity contribution is 5.80. The molecule has 33 heavy (non-hydrogen) atoms. The zero-order valence-corrected chi connectivity index (χ0v) is 19.2. The van der Waals surface area contributed by atoms with Crippen LogP contribution in [-0.2, 0) is 17.8 Å². The van der Waals surface area contributed by atoms with Gasteiger partial charge < -0.3 is 19.9 Å². The number of guanidine groups is 1. The minimum atomic E-state index is 0.208. The molecular weight excluding hydrogens is 412 g/mol. The second-order valence-corrected chi connectivity index (χ2v) is 8.62. The number of ether oxygens (including phenoxy) is 1. The summed E-state index contributed by atoms with van der Waals surface area (Å²) >= 11 is 0. The summed E-state index contributed by atoms with van der Waals surface area (Å²) in [7, 11) is 0. The SMILES string of the molecule is CCNC(=NCc1ncc(-c2ccccc2)[nH]1)N1CC2OCCN(Cc3ccccc3)C2C1. The van der Waals surface area contributed by atoms with Crippen molar-refractivity contribution in [1.82, 2.24) is 25.1 Å². The standard InChI is InChI=1S/C26H32N6O/c1-2-27-26(29-16-25-28-15-22(30-25)21-11-7-4-8-12-21)32-18-23-24(19-32)33-14-13-31(23)17-20-9-5-3-6-10-20/h3-12,15,23-24H,2,13-14,16-19H2,1H3,(H,27,29)(H,28,30). The summed E-state index contributed by atoms with van der Waals surface area (Å²) in [5.74, 6) is 1.79. The van der Waals surface area contributed by atoms with Gasteiger partial charge in [-0.3, -0.25) is 4.90 Å². The van der Waals surface area contributed by atoms with E-state index in [1.807, 2.05) is 24.4 Å². The van der Waals surface area contributed by atoms with Crippen molar-refractivity contribution >= 4 is 5.96 Å². The van der Waals surface area contributed by atoms with Crippen LogP contribution in [0.25, 0.3) is 11.3 Å². The van der Waals surface area contributed by atoms with Crippen molar-refractivity contribution < 1.29 is 4.74 Å². The molecule has 2 aromatic carbocycles. The Morgan fingerprint density at radius 1 is 1.12 bits per heavy atom. The number of fused-ring (bicyclic) bond motifs is 1. The fraction of sp³-hybridized carbons (Fsp3) is 0.385. The van der Waals surface area contributed by atoms with E-state index in [4.69, 9.17) is 9.73 Å². The molecule has 2 aliphatic heterocycles. The minimum Gasteiger partial charge on any atom is -0.373 e. The van der Waals surface area contributed by atoms with Gasteiger partial charge in [-0.15, -0.1) is 0 Å². The largest absolute Gasteiger partial charge is 0.373 e. The summed E-state index contributed by atoms with van der Waals surface area (Å²) in [6.07, 6.45) is 2.09. The number of hydrogen-bond donors (Lipinski definition) is 2. The third-order valence-electron chi connectivity index (χ3n) is 6.37. The molecule has 2 saturated heterocycles. The zero-order valence-electron chi connectivity index (χ0n) is 19.2. The lowest BCUT2D eigenvalue weighted by molar-refractivity contribution is -0.0502. The van der Waals surface area contributed by atoms with Crippen molar-refractivity contribution in [3.8, 4) is 11.3 Å². The molecule has 0 spiro atoms. The summed E-state index contributed by atoms with van der Waals surface area (Å²) in [5, 5.41) is 3.47. The van der Waals surface area contributed by atoms with Gasteiger partial charge in [-0.2, -0.15) is 0 Å². The summed E-state index contributed by atoms with van der Waals surface area (Å²) in [4.78, 5) is 17.7. The predicted octanol–water partition coefficient (Wildman–Crippen LogP) is 3.13. The first-order valence-electron chi connectivity index (χ1n) is 11.8. The number of hydrogen-bond acceptors (Lipinski definition) is 4. The van der Waals surface area contributed by atoms with E-state index in [1.165, 1.54) is 5.56 Å². The Kier molecular flexibility index (Phi) is 6.69. The molecule has 0 amide bonds. The van der Waals surface area contributed by atoms with E-state index >= 15 is 0 Å². The van der Waals surface area contributed by atoms with Crippen LogP contribution in [0.4, 0.5) is 0 Å². The minimum absolute atomic E-state index is 0.208. The first kappa shape index (κ1) is 21.7. The summed E-state index contributed by atoms with van der Waals surface area (Å²) in [6.45, 7) is 7.92. The lowest BCUT2D eigenvalue weighted by Gasteiger charge is -2.36. The van der Waals surface area contributed by atoms with Gasteiger partial charge in [-0.1, -0.05) is 60.7 Å². The number of H-pyrrole nitrogens is 1. The van der Waals surface area contributed by atoms with Crippen LogP contribution >= 0.6 is 0 Å². The van der Waals surface area contributed by atoms with Gasteiger partial charge in [0.05, 0.1) is 30.6 Å². The molecule has 0 aliphatic carbocycles. The Balaban J connectivity index is 1.27. The smallest absolute Gasteiger partial charge is 0.194 e. The molecule has 0 radical (unpaired) electrons. The van der Waals surface area contributed by atoms with Gasteiger partial charge in [0.25, 0.3) is 0 Å². The van der Waals surface area contributed by atoms with Gasteiger partial charge in [-0.25, -0.2) is 9.98 Å². The molecule has 7 heteroatoms. The number of aliphatic imine (C=N–C) groups is 1. The number of morpholine rings is 1. The number of likely N-dealkylation sites (tertiary alicyclic amines) is 1. The van der Waals surface area contributed by atoms with Crippen molar-refractivity contribution in [2.75, 3.05) is 32.8 Å². The fourth-order valence-electron chi connectivity index (χ4n) is 4.73. The Hall–Kier alpha value is -3.16. The van der Waals surface area contributed by atoms with Gasteiger partial charge in [0.1, 0.15) is 12.4 Å². The highest BCUT2D eigenvalue weighted by atomic mass is 16.5. The average Bonchev–Trinajstić information content (AvgIpc) is 3.51. The lowest BCUT2D eigenvalue weighted by atomic mass is 10.1. The van der Waals surface area contributed by atoms with Crippen molar-refractivity contribution in [2.24, 2.45) is 4.99 Å². The Labute approximate surface area is 195 Å². The van der Waals surface area contributed by atoms with Gasteiger partial charge in [-0.05, 0) is 18.1 Å². The van der Waals surface area contributed by atoms with Crippen LogP contribution in [0, 0.1) is 0 Å². The van der Waals surface area contributed by atoms with E-state index in [-0.39, 0.29) is 6.10 Å². The van der Waals surface area contributed by atoms with E-state index in [9.17, 15) is 0 Å². The molecule has 3 aromatic rings. The third-order valence-corrected chi connectivity index (χ3v) is 6.37. The molecule has 5 rings (SSSR count). The van der Waals surface area contributed by atoms with Crippen molar-refractivity contribution in [1.29, 1.82) is 0 Å². The van der Waals surface area contributed by atoms with Crippen LogP contribution in [0.5, 0.6) is 0 Å². The molecule has 0 saturated carbocycles. The normalized spacial score (nSPS) is 21.2. The first-order chi connectivity index (χ1) is 16.3. The predicted molar refractivity (Wildman–Crippen MR) is 131 cm³/mol. The molecule has 172 valence electrons. The summed E-state index contributed by atoms with van der Waals surface area (Å²) in [5.41, 5.74) is 3.50. The maximum Gasteiger partial charge on any atom is 0.194 e. The van der Waals surface area contributed by atoms with Gasteiger partial charge >= 0.3 is 0 Å². The molecular formula is C26H32N6O. The average molecular weight is 445 g/mol. The molecule has 2 aliphatic rings. The number of nitrogens with zero attached hydrogens (tertiary/aromatic N) is 4. The molecule has 0 bridgehead atoms. The lowest BCUT2D eigenvalue weighted by Crippen LogP contribution is -2.50. The van der Waals surface area contributed by atoms with E-state index in [0.717, 1.165) is 62.4 Å². The van der Waals surface area contributed by atoms with E-state index in [2.05, 4.69) is 74.5 Å². The van der Waals surface area contributed by atoms with Crippen molar-refractivity contribution in [3.63, 3.8) is 0 Å². The number of nitrogens with one attached hydrogen (secondary N) is 2. The second-order valence-electron chi connectivity index (χ2n) is 8.62. The topological polar surface area (TPSA) is 68.8 Å². The monoisotopic (exact) mass is 444 g/mol. The van der Waals surface area contributed by atoms with E-state index in [1.54, 1.807) is 0 Å². The van der Waals surface area contributed by atoms with Crippen LogP contribution in [0.3, 0.4) is 0 Å². The molecule has 2 N–H and O–H groups in total. The van der Waals surface area contributed by atoms with Crippen LogP contribution in [0.2, 0.25) is 0 Å². The number of aromatic amines is 1. The highest BCUT2D eigenvalue weighted by Crippen LogP contribution is 2.25. The molecule has 7 nitrogen and oxygen atoms in total. The van der Waals surface area contributed by atoms with E-state index in [0.29, 0.717) is 12.6 Å². The van der Waals surface area contributed by atoms with Crippen LogP contribution in [0.1, 0.15) is 18.3 Å². The summed E-state index contributed by atoms with van der Waals surface area (Å²) < 4.78 is 6.16. The van der Waals surface area contributed by atoms with Gasteiger partial charge in [0.15, 0.2) is 5.96 Å². The number of benzene rings is 2. The Morgan fingerprint density at radius 3 is 2.70 bits per heavy atom. The third kappa shape index (κ3) is 5.10. The van der Waals surface area contributed by atoms with Gasteiger partial charge in [0, 0.05) is 32.7 Å². The molecule has 2 unspecified atom stereocenters. The number of aromatic nitrogens is 2. The zero-order chi connectivity index (χ0) is 22.5. The van der Waals surface area contributed by atoms with E-state index < -0.39 is 0 Å². The molecule has 2 fully saturated rings. The maximum absolute atomic E-state index is 6.16. The van der Waals surface area contributed by atoms with Gasteiger partial charge in [0.2, 0.25) is 0 Å². The Morgan fingerprint density at radius 2 is 1.91 bits per heavy atom.